The normalized spacial score (nSPS) is 12.0. The van der Waals surface area contributed by atoms with Crippen LogP contribution in [-0.4, -0.2) is 45.8 Å². The Morgan fingerprint density at radius 2 is 0.805 bits per heavy atom. The zero-order chi connectivity index (χ0) is 54.2. The zero-order valence-electron chi connectivity index (χ0n) is 44.5. The molecule has 0 radical (unpaired) electrons. The number of hydrogen-bond acceptors (Lipinski definition) is 12. The minimum atomic E-state index is 0. The topological polar surface area (TPSA) is 136 Å². The molecule has 14 nitrogen and oxygen atoms in total. The van der Waals surface area contributed by atoms with E-state index >= 15 is 0 Å². The number of hydrogen-bond donors (Lipinski definition) is 0. The van der Waals surface area contributed by atoms with Crippen molar-refractivity contribution >= 4 is 81.4 Å². The van der Waals surface area contributed by atoms with Gasteiger partial charge in [-0.1, -0.05) is 134 Å². The first kappa shape index (κ1) is 59.2. The van der Waals surface area contributed by atoms with Gasteiger partial charge in [-0.25, -0.2) is 19.9 Å². The molecule has 2 aliphatic heterocycles. The molecule has 0 amide bonds. The molecule has 12 rings (SSSR count). The Kier molecular flexibility index (Phi) is 22.9. The number of anilines is 8. The Labute approximate surface area is 508 Å². The summed E-state index contributed by atoms with van der Waals surface area (Å²) in [6.07, 6.45) is 14.1. The summed E-state index contributed by atoms with van der Waals surface area (Å²) in [6.45, 7) is 5.34. The summed E-state index contributed by atoms with van der Waals surface area (Å²) in [4.78, 5) is 34.7. The van der Waals surface area contributed by atoms with Gasteiger partial charge >= 0.3 is 0 Å². The van der Waals surface area contributed by atoms with Gasteiger partial charge in [-0.05, 0) is 97.0 Å². The SMILES string of the molecule is C(=Nc1ccccc1)[N-]c1cccc(OCCCCCCOc2cccc(N=C[N-]c3ccccc3)c2)c1.[Pt].[Pt].[c-]1ccccc1N1[CH-]N(c2ccccc2)c2nccnc21.[c-]1ccccc1N1[CH-]N(c2ccccc2)c2nccnc21. The number of aliphatic imine (C=N–C) groups is 2. The molecular weight excluding hydrogens is 1380 g/mol. The van der Waals surface area contributed by atoms with E-state index in [2.05, 4.69) is 52.7 Å². The molecule has 82 heavy (non-hydrogen) atoms. The number of para-hydroxylation sites is 6. The van der Waals surface area contributed by atoms with Crippen molar-refractivity contribution < 1.29 is 51.6 Å². The van der Waals surface area contributed by atoms with Gasteiger partial charge in [0.1, 0.15) is 34.8 Å². The molecule has 4 heterocycles. The maximum atomic E-state index is 5.90. The number of aromatic nitrogens is 4. The number of nitrogens with zero attached hydrogens (tertiary/aromatic N) is 12. The van der Waals surface area contributed by atoms with Crippen molar-refractivity contribution in [2.24, 2.45) is 9.98 Å². The van der Waals surface area contributed by atoms with Gasteiger partial charge in [-0.15, -0.1) is 24.7 Å². The molecule has 0 saturated heterocycles. The molecule has 0 N–H and O–H groups in total. The first-order valence-electron chi connectivity index (χ1n) is 26.3. The Bertz CT molecular complexity index is 3240. The maximum absolute atomic E-state index is 5.90. The summed E-state index contributed by atoms with van der Waals surface area (Å²) in [5.74, 6) is 4.90. The van der Waals surface area contributed by atoms with Gasteiger partial charge in [-0.2, -0.15) is 60.7 Å². The number of unbranched alkanes of at least 4 members (excludes halogenated alkanes) is 3. The third-order valence-corrected chi connectivity index (χ3v) is 12.2. The van der Waals surface area contributed by atoms with Crippen LogP contribution in [0.5, 0.6) is 11.5 Å². The molecule has 16 heteroatoms. The van der Waals surface area contributed by atoms with Crippen LogP contribution in [0.25, 0.3) is 10.6 Å². The largest absolute Gasteiger partial charge is 0.494 e. The monoisotopic (exact) mass is 1440 g/mol. The second kappa shape index (κ2) is 31.7. The van der Waals surface area contributed by atoms with Crippen LogP contribution in [0.3, 0.4) is 0 Å². The fourth-order valence-electron chi connectivity index (χ4n) is 8.35. The van der Waals surface area contributed by atoms with E-state index in [1.165, 1.54) is 0 Å². The van der Waals surface area contributed by atoms with Crippen molar-refractivity contribution in [1.82, 2.24) is 19.9 Å². The van der Waals surface area contributed by atoms with Crippen LogP contribution in [0.4, 0.5) is 68.8 Å². The number of rotatable bonds is 19. The molecule has 418 valence electrons. The van der Waals surface area contributed by atoms with E-state index in [0.717, 1.165) is 106 Å². The Balaban J connectivity index is 0.000000170. The molecule has 2 aromatic heterocycles. The second-order valence-corrected chi connectivity index (χ2v) is 17.8. The third-order valence-electron chi connectivity index (χ3n) is 12.2. The van der Waals surface area contributed by atoms with Gasteiger partial charge in [0.15, 0.2) is 0 Å². The van der Waals surface area contributed by atoms with E-state index in [0.29, 0.717) is 13.2 Å². The van der Waals surface area contributed by atoms with Crippen LogP contribution in [0.1, 0.15) is 25.7 Å². The number of fused-ring (bicyclic) bond motifs is 2. The van der Waals surface area contributed by atoms with Crippen molar-refractivity contribution in [2.45, 2.75) is 25.7 Å². The van der Waals surface area contributed by atoms with E-state index in [-0.39, 0.29) is 42.1 Å². The molecule has 0 atom stereocenters. The van der Waals surface area contributed by atoms with E-state index in [4.69, 9.17) is 9.47 Å². The Hall–Kier alpha value is -8.96. The van der Waals surface area contributed by atoms with E-state index in [1.54, 1.807) is 37.5 Å². The van der Waals surface area contributed by atoms with E-state index in [1.807, 2.05) is 251 Å². The fourth-order valence-corrected chi connectivity index (χ4v) is 8.35. The Morgan fingerprint density at radius 1 is 0.402 bits per heavy atom. The predicted molar refractivity (Wildman–Crippen MR) is 322 cm³/mol. The van der Waals surface area contributed by atoms with E-state index < -0.39 is 0 Å². The van der Waals surface area contributed by atoms with Gasteiger partial charge in [0.25, 0.3) is 0 Å². The average molecular weight is 1440 g/mol. The van der Waals surface area contributed by atoms with Crippen LogP contribution in [0.15, 0.2) is 253 Å². The van der Waals surface area contributed by atoms with Gasteiger partial charge < -0.3 is 49.7 Å². The smallest absolute Gasteiger partial charge is 0.145 e. The first-order chi connectivity index (χ1) is 39.7. The Morgan fingerprint density at radius 3 is 1.30 bits per heavy atom. The molecule has 0 saturated carbocycles. The van der Waals surface area contributed by atoms with Crippen molar-refractivity contribution in [3.63, 3.8) is 0 Å². The van der Waals surface area contributed by atoms with Gasteiger partial charge in [0.05, 0.1) is 13.2 Å². The van der Waals surface area contributed by atoms with Gasteiger partial charge in [0.2, 0.25) is 0 Å². The van der Waals surface area contributed by atoms with Crippen LogP contribution in [0.2, 0.25) is 0 Å². The molecule has 0 bridgehead atoms. The van der Waals surface area contributed by atoms with E-state index in [9.17, 15) is 0 Å². The average Bonchev–Trinajstić information content (AvgIpc) is 4.35. The molecule has 0 unspecified atom stereocenters. The van der Waals surface area contributed by atoms with Crippen molar-refractivity contribution in [3.8, 4) is 11.5 Å². The summed E-state index contributed by atoms with van der Waals surface area (Å²) in [6, 6.07) is 77.4. The van der Waals surface area contributed by atoms with Gasteiger partial charge in [-0.3, -0.25) is 0 Å². The standard InChI is InChI=1S/C32H32N4O2.2C17H12N4.2Pt/c1(9-21-37-31-19-11-17-29(23-31)35-25-33-27-13-5-3-6-14-27)2-10-22-38-32-20-12-18-30(24-32)36-26-34-28-15-7-4-8-16-28;2*1-3-7-14(8-4-1)20-13-21(15-9-5-2-6-10-15)17-16(20)18-11-12-19-17;;/h3-8,11-20,23-26H,1-2,9-10,21-22H2;2*1-9,11-13H;;/q3*-2;;. The minimum absolute atomic E-state index is 0. The molecule has 0 aliphatic carbocycles. The number of ether oxygens (including phenoxy) is 2. The van der Waals surface area contributed by atoms with Crippen molar-refractivity contribution in [1.29, 1.82) is 0 Å². The molecular formula is C66H56N12O2Pt2-6. The predicted octanol–water partition coefficient (Wildman–Crippen LogP) is 16.8. The third kappa shape index (κ3) is 16.8. The quantitative estimate of drug-likeness (QED) is 0.0333. The first-order valence-corrected chi connectivity index (χ1v) is 26.3. The van der Waals surface area contributed by atoms with Crippen LogP contribution in [0, 0.1) is 25.5 Å². The second-order valence-electron chi connectivity index (χ2n) is 17.8. The van der Waals surface area contributed by atoms with Gasteiger partial charge in [0, 0.05) is 78.3 Å². The summed E-state index contributed by atoms with van der Waals surface area (Å²) in [5.41, 5.74) is 7.38. The molecule has 0 spiro atoms. The minimum Gasteiger partial charge on any atom is -0.494 e. The molecule has 0 fully saturated rings. The summed E-state index contributed by atoms with van der Waals surface area (Å²) < 4.78 is 11.8. The van der Waals surface area contributed by atoms with Crippen LogP contribution < -0.4 is 29.1 Å². The summed E-state index contributed by atoms with van der Waals surface area (Å²) in [5, 5.41) is 8.74. The molecule has 8 aromatic carbocycles. The van der Waals surface area contributed by atoms with Crippen molar-refractivity contribution in [2.75, 3.05) is 32.8 Å². The zero-order valence-corrected chi connectivity index (χ0v) is 49.0. The fraction of sp³-hybridized carbons (Fsp3) is 0.0909. The summed E-state index contributed by atoms with van der Waals surface area (Å²) in [7, 11) is 0. The summed E-state index contributed by atoms with van der Waals surface area (Å²) >= 11 is 0. The number of benzene rings is 8. The van der Waals surface area contributed by atoms with Crippen molar-refractivity contribution in [3.05, 3.63) is 279 Å². The van der Waals surface area contributed by atoms with Crippen LogP contribution in [-0.2, 0) is 42.1 Å². The maximum Gasteiger partial charge on any atom is 0.145 e. The molecule has 2 aliphatic rings. The molecule has 10 aromatic rings. The van der Waals surface area contributed by atoms with Crippen LogP contribution >= 0.6 is 0 Å².